The van der Waals surface area contributed by atoms with E-state index in [1.807, 2.05) is 12.1 Å². The molecule has 0 heterocycles. The number of hydrogen-bond acceptors (Lipinski definition) is 4. The summed E-state index contributed by atoms with van der Waals surface area (Å²) >= 11 is 0. The molecule has 2 rings (SSSR count). The Morgan fingerprint density at radius 3 is 2.59 bits per heavy atom. The van der Waals surface area contributed by atoms with E-state index in [2.05, 4.69) is 51.0 Å². The summed E-state index contributed by atoms with van der Waals surface area (Å²) in [6.45, 7) is 15.2. The van der Waals surface area contributed by atoms with Crippen LogP contribution in [0.15, 0.2) is 36.9 Å². The number of rotatable bonds is 9. The summed E-state index contributed by atoms with van der Waals surface area (Å²) in [6.07, 6.45) is 7.16. The normalized spacial score (nSPS) is 17.9. The number of hydrogen-bond donors (Lipinski definition) is 2. The molecule has 2 N–H and O–H groups in total. The maximum Gasteiger partial charge on any atom is 0.270 e. The first-order valence-corrected chi connectivity index (χ1v) is 9.70. The minimum atomic E-state index is -0.316. The number of nitro benzene ring substituents is 1. The van der Waals surface area contributed by atoms with Gasteiger partial charge in [-0.2, -0.15) is 0 Å². The van der Waals surface area contributed by atoms with Crippen molar-refractivity contribution in [3.8, 4) is 0 Å². The van der Waals surface area contributed by atoms with Crippen molar-refractivity contribution in [1.29, 1.82) is 0 Å². The maximum atomic E-state index is 11.3. The van der Waals surface area contributed by atoms with Crippen LogP contribution in [-0.2, 0) is 0 Å². The van der Waals surface area contributed by atoms with Crippen LogP contribution in [0.3, 0.4) is 0 Å². The Kier molecular flexibility index (Phi) is 6.82. The van der Waals surface area contributed by atoms with Gasteiger partial charge in [-0.3, -0.25) is 10.1 Å². The molecule has 0 bridgehead atoms. The van der Waals surface area contributed by atoms with Crippen LogP contribution in [0.25, 0.3) is 5.57 Å². The third kappa shape index (κ3) is 6.21. The number of benzene rings is 1. The molecule has 5 nitrogen and oxygen atoms in total. The molecule has 1 aromatic rings. The average Bonchev–Trinajstić information content (AvgIpc) is 2.55. The Hall–Kier alpha value is -2.14. The summed E-state index contributed by atoms with van der Waals surface area (Å²) in [5.74, 6) is 0. The van der Waals surface area contributed by atoms with Crippen molar-refractivity contribution in [3.05, 3.63) is 52.6 Å². The second kappa shape index (κ2) is 8.70. The number of nitrogens with one attached hydrogen (secondary N) is 2. The van der Waals surface area contributed by atoms with Crippen molar-refractivity contribution in [2.75, 3.05) is 25.0 Å². The van der Waals surface area contributed by atoms with Crippen LogP contribution in [0.5, 0.6) is 0 Å². The fourth-order valence-electron chi connectivity index (χ4n) is 4.24. The first-order chi connectivity index (χ1) is 12.6. The highest BCUT2D eigenvalue weighted by atomic mass is 16.6. The quantitative estimate of drug-likeness (QED) is 0.264. The van der Waals surface area contributed by atoms with Crippen molar-refractivity contribution >= 4 is 16.9 Å². The Labute approximate surface area is 163 Å². The molecule has 0 spiro atoms. The standard InChI is InChI=1S/C22H33N3O2/c1-6-7-10-23-11-12-24-20-9-8-18(25(26)27)13-19(20)17-14-21(2,3)16-22(4,5)15-17/h6,8-9,13-14,23-24H,1,7,10-12,15-16H2,2-5H3. The Morgan fingerprint density at radius 1 is 1.22 bits per heavy atom. The second-order valence-corrected chi connectivity index (χ2v) is 8.92. The Bertz CT molecular complexity index is 720. The molecular weight excluding hydrogens is 338 g/mol. The van der Waals surface area contributed by atoms with Gasteiger partial charge in [0.2, 0.25) is 0 Å². The van der Waals surface area contributed by atoms with Gasteiger partial charge < -0.3 is 10.6 Å². The van der Waals surface area contributed by atoms with Gasteiger partial charge in [-0.15, -0.1) is 6.58 Å². The zero-order valence-electron chi connectivity index (χ0n) is 17.1. The van der Waals surface area contributed by atoms with Crippen LogP contribution >= 0.6 is 0 Å². The van der Waals surface area contributed by atoms with Gasteiger partial charge in [-0.1, -0.05) is 39.8 Å². The van der Waals surface area contributed by atoms with E-state index >= 15 is 0 Å². The average molecular weight is 372 g/mol. The number of anilines is 1. The molecule has 1 aliphatic carbocycles. The lowest BCUT2D eigenvalue weighted by atomic mass is 9.65. The van der Waals surface area contributed by atoms with Crippen LogP contribution in [0.2, 0.25) is 0 Å². The molecule has 148 valence electrons. The smallest absolute Gasteiger partial charge is 0.270 e. The highest BCUT2D eigenvalue weighted by molar-refractivity contribution is 5.79. The zero-order chi connectivity index (χ0) is 20.1. The fraction of sp³-hybridized carbons (Fsp3) is 0.545. The lowest BCUT2D eigenvalue weighted by Gasteiger charge is -2.39. The molecule has 0 saturated carbocycles. The Morgan fingerprint density at radius 2 is 1.96 bits per heavy atom. The van der Waals surface area contributed by atoms with E-state index in [0.29, 0.717) is 0 Å². The molecule has 1 aliphatic rings. The molecule has 0 atom stereocenters. The maximum absolute atomic E-state index is 11.3. The molecule has 5 heteroatoms. The molecule has 0 aliphatic heterocycles. The number of nitrogens with zero attached hydrogens (tertiary/aromatic N) is 1. The summed E-state index contributed by atoms with van der Waals surface area (Å²) in [6, 6.07) is 5.14. The predicted octanol–water partition coefficient (Wildman–Crippen LogP) is 5.40. The third-order valence-corrected chi connectivity index (χ3v) is 4.87. The molecule has 1 aromatic carbocycles. The number of non-ortho nitro benzene ring substituents is 1. The van der Waals surface area contributed by atoms with Crippen LogP contribution in [-0.4, -0.2) is 24.6 Å². The van der Waals surface area contributed by atoms with Crippen LogP contribution in [0, 0.1) is 20.9 Å². The molecule has 0 aromatic heterocycles. The van der Waals surface area contributed by atoms with E-state index in [9.17, 15) is 10.1 Å². The molecular formula is C22H33N3O2. The lowest BCUT2D eigenvalue weighted by molar-refractivity contribution is -0.384. The van der Waals surface area contributed by atoms with Crippen molar-refractivity contribution in [2.45, 2.75) is 47.0 Å². The van der Waals surface area contributed by atoms with Crippen molar-refractivity contribution in [3.63, 3.8) is 0 Å². The topological polar surface area (TPSA) is 67.2 Å². The Balaban J connectivity index is 2.26. The van der Waals surface area contributed by atoms with Crippen LogP contribution in [0.4, 0.5) is 11.4 Å². The highest BCUT2D eigenvalue weighted by Gasteiger charge is 2.34. The van der Waals surface area contributed by atoms with Gasteiger partial charge in [0.25, 0.3) is 5.69 Å². The van der Waals surface area contributed by atoms with E-state index in [4.69, 9.17) is 0 Å². The fourth-order valence-corrected chi connectivity index (χ4v) is 4.24. The lowest BCUT2D eigenvalue weighted by Crippen LogP contribution is -2.27. The van der Waals surface area contributed by atoms with E-state index in [0.717, 1.165) is 50.1 Å². The van der Waals surface area contributed by atoms with Gasteiger partial charge in [0.15, 0.2) is 0 Å². The van der Waals surface area contributed by atoms with Gasteiger partial charge >= 0.3 is 0 Å². The van der Waals surface area contributed by atoms with Crippen molar-refractivity contribution in [2.24, 2.45) is 10.8 Å². The van der Waals surface area contributed by atoms with Crippen LogP contribution < -0.4 is 10.6 Å². The molecule has 0 amide bonds. The monoisotopic (exact) mass is 371 g/mol. The van der Waals surface area contributed by atoms with Crippen LogP contribution in [0.1, 0.15) is 52.5 Å². The van der Waals surface area contributed by atoms with Crippen molar-refractivity contribution in [1.82, 2.24) is 5.32 Å². The molecule has 0 unspecified atom stereocenters. The largest absolute Gasteiger partial charge is 0.383 e. The minimum Gasteiger partial charge on any atom is -0.383 e. The third-order valence-electron chi connectivity index (χ3n) is 4.87. The molecule has 27 heavy (non-hydrogen) atoms. The van der Waals surface area contributed by atoms with Crippen molar-refractivity contribution < 1.29 is 4.92 Å². The minimum absolute atomic E-state index is 0.0746. The molecule has 0 saturated heterocycles. The summed E-state index contributed by atoms with van der Waals surface area (Å²) in [4.78, 5) is 11.0. The number of allylic oxidation sites excluding steroid dienone is 2. The summed E-state index contributed by atoms with van der Waals surface area (Å²) in [5.41, 5.74) is 3.50. The van der Waals surface area contributed by atoms with Gasteiger partial charge in [-0.25, -0.2) is 0 Å². The molecule has 0 radical (unpaired) electrons. The summed E-state index contributed by atoms with van der Waals surface area (Å²) in [7, 11) is 0. The molecule has 0 fully saturated rings. The first-order valence-electron chi connectivity index (χ1n) is 9.70. The summed E-state index contributed by atoms with van der Waals surface area (Å²) < 4.78 is 0. The van der Waals surface area contributed by atoms with Gasteiger partial charge in [0.05, 0.1) is 4.92 Å². The van der Waals surface area contributed by atoms with Gasteiger partial charge in [0, 0.05) is 36.5 Å². The first kappa shape index (κ1) is 21.2. The second-order valence-electron chi connectivity index (χ2n) is 8.92. The predicted molar refractivity (Wildman–Crippen MR) is 114 cm³/mol. The number of nitro groups is 1. The van der Waals surface area contributed by atoms with E-state index < -0.39 is 0 Å². The summed E-state index contributed by atoms with van der Waals surface area (Å²) in [5, 5.41) is 18.1. The highest BCUT2D eigenvalue weighted by Crippen LogP contribution is 2.48. The van der Waals surface area contributed by atoms with E-state index in [1.54, 1.807) is 12.1 Å². The van der Waals surface area contributed by atoms with E-state index in [-0.39, 0.29) is 21.4 Å². The van der Waals surface area contributed by atoms with Gasteiger partial charge in [0.1, 0.15) is 0 Å². The van der Waals surface area contributed by atoms with E-state index in [1.165, 1.54) is 5.57 Å². The van der Waals surface area contributed by atoms with Gasteiger partial charge in [-0.05, 0) is 48.3 Å². The zero-order valence-corrected chi connectivity index (χ0v) is 17.1. The SMILES string of the molecule is C=CCCNCCNc1ccc([N+](=O)[O-])cc1C1=CC(C)(C)CC(C)(C)C1.